The van der Waals surface area contributed by atoms with E-state index in [4.69, 9.17) is 9.72 Å². The Hall–Kier alpha value is -4.57. The first kappa shape index (κ1) is 30.7. The Morgan fingerprint density at radius 1 is 1.06 bits per heavy atom. The Labute approximate surface area is 279 Å². The Morgan fingerprint density at radius 2 is 1.85 bits per heavy atom. The highest BCUT2D eigenvalue weighted by atomic mass is 19.1. The number of alkyl halides is 1. The number of halogens is 1. The molecule has 48 heavy (non-hydrogen) atoms. The largest absolute Gasteiger partial charge is 0.374 e. The number of nitrogens with zero attached hydrogens (tertiary/aromatic N) is 3. The second-order valence-corrected chi connectivity index (χ2v) is 13.9. The number of aromatic nitrogens is 3. The van der Waals surface area contributed by atoms with Crippen LogP contribution in [0.4, 0.5) is 15.9 Å². The van der Waals surface area contributed by atoms with Crippen molar-refractivity contribution in [2.45, 2.75) is 82.6 Å². The summed E-state index contributed by atoms with van der Waals surface area (Å²) in [4.78, 5) is 34.4. The number of aromatic amines is 1. The van der Waals surface area contributed by atoms with Gasteiger partial charge in [-0.05, 0) is 98.0 Å². The number of nitrogens with one attached hydrogen (secondary N) is 3. The first-order chi connectivity index (χ1) is 23.3. The summed E-state index contributed by atoms with van der Waals surface area (Å²) in [6.07, 6.45) is 5.31. The van der Waals surface area contributed by atoms with Crippen LogP contribution in [0.5, 0.6) is 0 Å². The first-order valence-electron chi connectivity index (χ1n) is 17.1. The van der Waals surface area contributed by atoms with Gasteiger partial charge in [0.1, 0.15) is 18.0 Å². The van der Waals surface area contributed by atoms with Crippen LogP contribution < -0.4 is 15.5 Å². The van der Waals surface area contributed by atoms with Gasteiger partial charge in [0.25, 0.3) is 0 Å². The standard InChI is InChI=1S/C38H41FN6O3/c1-21-36(22(2)44-43-21)24-8-10-28(11-9-24)41-38(47)37(42-35(46)17-27-15-33(27)39)31-5-3-4-23-6-7-25(14-32(23)31)26-12-13-40-34(16-26)45-19-30-18-29(45)20-48-30/h6-14,16,27,29-31,33,37H,3-5,15,17-20H2,1-2H3,(H,41,47)(H,42,46)(H,43,44)/t27?,29-,30-,31-,33?,37+/m1/s1. The van der Waals surface area contributed by atoms with E-state index in [9.17, 15) is 14.0 Å². The van der Waals surface area contributed by atoms with Crippen LogP contribution in [0.1, 0.15) is 60.5 Å². The molecule has 2 aliphatic carbocycles. The van der Waals surface area contributed by atoms with E-state index in [1.807, 2.05) is 50.4 Å². The number of hydrogen-bond donors (Lipinski definition) is 3. The van der Waals surface area contributed by atoms with E-state index >= 15 is 0 Å². The molecule has 2 unspecified atom stereocenters. The van der Waals surface area contributed by atoms with E-state index < -0.39 is 12.2 Å². The van der Waals surface area contributed by atoms with Crippen LogP contribution in [0, 0.1) is 19.8 Å². The van der Waals surface area contributed by atoms with Gasteiger partial charge in [0.2, 0.25) is 11.8 Å². The van der Waals surface area contributed by atoms with Crippen molar-refractivity contribution in [2.75, 3.05) is 23.4 Å². The topological polar surface area (TPSA) is 112 Å². The van der Waals surface area contributed by atoms with Crippen LogP contribution in [-0.4, -0.2) is 64.5 Å². The van der Waals surface area contributed by atoms with E-state index in [0.29, 0.717) is 18.2 Å². The first-order valence-corrected chi connectivity index (χ1v) is 17.1. The fourth-order valence-electron chi connectivity index (χ4n) is 7.95. The third-order valence-corrected chi connectivity index (χ3v) is 10.6. The lowest BCUT2D eigenvalue weighted by atomic mass is 9.77. The van der Waals surface area contributed by atoms with E-state index in [-0.39, 0.29) is 36.2 Å². The lowest BCUT2D eigenvalue weighted by molar-refractivity contribution is -0.127. The minimum Gasteiger partial charge on any atom is -0.374 e. The molecule has 0 spiro atoms. The highest BCUT2D eigenvalue weighted by Gasteiger charge is 2.41. The van der Waals surface area contributed by atoms with Crippen molar-refractivity contribution in [3.8, 4) is 22.3 Å². The molecule has 248 valence electrons. The molecule has 10 heteroatoms. The summed E-state index contributed by atoms with van der Waals surface area (Å²) < 4.78 is 19.6. The summed E-state index contributed by atoms with van der Waals surface area (Å²) in [5, 5.41) is 13.5. The number of H-pyrrole nitrogens is 1. The van der Waals surface area contributed by atoms with Crippen molar-refractivity contribution >= 4 is 23.3 Å². The molecule has 4 aliphatic rings. The molecule has 2 saturated heterocycles. The van der Waals surface area contributed by atoms with Gasteiger partial charge in [0.05, 0.1) is 24.4 Å². The van der Waals surface area contributed by atoms with Crippen molar-refractivity contribution < 1.29 is 18.7 Å². The fourth-order valence-corrected chi connectivity index (χ4v) is 7.95. The highest BCUT2D eigenvalue weighted by molar-refractivity contribution is 5.98. The summed E-state index contributed by atoms with van der Waals surface area (Å²) in [5.41, 5.74) is 8.95. The summed E-state index contributed by atoms with van der Waals surface area (Å²) in [7, 11) is 0. The number of aryl methyl sites for hydroxylation is 3. The van der Waals surface area contributed by atoms with Gasteiger partial charge in [-0.25, -0.2) is 9.37 Å². The molecule has 4 aromatic rings. The van der Waals surface area contributed by atoms with Crippen LogP contribution in [0.15, 0.2) is 60.8 Å². The van der Waals surface area contributed by atoms with Crippen molar-refractivity contribution in [1.82, 2.24) is 20.5 Å². The second-order valence-electron chi connectivity index (χ2n) is 13.9. The molecule has 6 atom stereocenters. The number of fused-ring (bicyclic) bond motifs is 3. The van der Waals surface area contributed by atoms with Crippen LogP contribution >= 0.6 is 0 Å². The molecular formula is C38H41FN6O3. The van der Waals surface area contributed by atoms with Gasteiger partial charge in [0, 0.05) is 47.9 Å². The number of benzene rings is 2. The lowest BCUT2D eigenvalue weighted by Crippen LogP contribution is -2.48. The van der Waals surface area contributed by atoms with Crippen LogP contribution in [0.25, 0.3) is 22.3 Å². The number of carbonyl (C=O) groups is 2. The number of rotatable bonds is 9. The molecule has 3 fully saturated rings. The Morgan fingerprint density at radius 3 is 2.56 bits per heavy atom. The third kappa shape index (κ3) is 5.98. The predicted octanol–water partition coefficient (Wildman–Crippen LogP) is 6.02. The minimum absolute atomic E-state index is 0.0891. The Balaban J connectivity index is 1.07. The smallest absolute Gasteiger partial charge is 0.247 e. The van der Waals surface area contributed by atoms with Crippen LogP contribution in [0.2, 0.25) is 0 Å². The van der Waals surface area contributed by atoms with Gasteiger partial charge < -0.3 is 20.3 Å². The average molecular weight is 649 g/mol. The molecule has 2 amide bonds. The SMILES string of the molecule is Cc1n[nH]c(C)c1-c1ccc(NC(=O)[C@@H](NC(=O)CC2CC2F)[C@@H]2CCCc3ccc(-c4ccnc(N5C[C@H]6C[C@@H]5CO6)c4)cc32)cc1. The van der Waals surface area contributed by atoms with Crippen LogP contribution in [-0.2, 0) is 20.7 Å². The molecular weight excluding hydrogens is 607 g/mol. The van der Waals surface area contributed by atoms with Crippen molar-refractivity contribution in [1.29, 1.82) is 0 Å². The van der Waals surface area contributed by atoms with Gasteiger partial charge >= 0.3 is 0 Å². The number of anilines is 2. The summed E-state index contributed by atoms with van der Waals surface area (Å²) in [6.45, 7) is 5.55. The van der Waals surface area contributed by atoms with Crippen molar-refractivity contribution in [3.63, 3.8) is 0 Å². The lowest BCUT2D eigenvalue weighted by Gasteiger charge is -2.33. The van der Waals surface area contributed by atoms with E-state index in [2.05, 4.69) is 50.0 Å². The van der Waals surface area contributed by atoms with Gasteiger partial charge in [-0.1, -0.05) is 30.3 Å². The van der Waals surface area contributed by atoms with Crippen LogP contribution in [0.3, 0.4) is 0 Å². The van der Waals surface area contributed by atoms with E-state index in [1.54, 1.807) is 0 Å². The fraction of sp³-hybridized carbons (Fsp3) is 0.421. The number of hydrogen-bond acceptors (Lipinski definition) is 6. The van der Waals surface area contributed by atoms with Crippen molar-refractivity contribution in [2.24, 2.45) is 5.92 Å². The molecule has 3 N–H and O–H groups in total. The molecule has 2 bridgehead atoms. The number of morpholine rings is 1. The molecule has 4 heterocycles. The van der Waals surface area contributed by atoms with Gasteiger partial charge in [0.15, 0.2) is 0 Å². The monoisotopic (exact) mass is 648 g/mol. The average Bonchev–Trinajstić information content (AvgIpc) is 3.43. The summed E-state index contributed by atoms with van der Waals surface area (Å²) in [5.74, 6) is -0.106. The number of carbonyl (C=O) groups excluding carboxylic acids is 2. The zero-order valence-corrected chi connectivity index (χ0v) is 27.3. The molecule has 8 rings (SSSR count). The maximum atomic E-state index is 14.1. The predicted molar refractivity (Wildman–Crippen MR) is 183 cm³/mol. The molecule has 9 nitrogen and oxygen atoms in total. The van der Waals surface area contributed by atoms with Gasteiger partial charge in [-0.15, -0.1) is 0 Å². The number of amides is 2. The number of pyridine rings is 1. The summed E-state index contributed by atoms with van der Waals surface area (Å²) in [6, 6.07) is 17.9. The molecule has 0 radical (unpaired) electrons. The maximum absolute atomic E-state index is 14.1. The third-order valence-electron chi connectivity index (χ3n) is 10.6. The maximum Gasteiger partial charge on any atom is 0.247 e. The molecule has 2 aromatic heterocycles. The molecule has 2 aromatic carbocycles. The zero-order chi connectivity index (χ0) is 32.9. The van der Waals surface area contributed by atoms with Crippen molar-refractivity contribution in [3.05, 3.63) is 83.3 Å². The van der Waals surface area contributed by atoms with E-state index in [1.165, 1.54) is 5.56 Å². The minimum atomic E-state index is -0.935. The molecule has 1 saturated carbocycles. The normalized spacial score (nSPS) is 24.6. The zero-order valence-electron chi connectivity index (χ0n) is 27.3. The molecule has 2 aliphatic heterocycles. The Kier molecular flexibility index (Phi) is 7.99. The highest BCUT2D eigenvalue weighted by Crippen LogP contribution is 2.40. The quantitative estimate of drug-likeness (QED) is 0.205. The number of ether oxygens (including phenoxy) is 1. The Bertz CT molecular complexity index is 1840. The van der Waals surface area contributed by atoms with E-state index in [0.717, 1.165) is 83.9 Å². The van der Waals surface area contributed by atoms with Gasteiger partial charge in [-0.2, -0.15) is 5.10 Å². The van der Waals surface area contributed by atoms with Gasteiger partial charge in [-0.3, -0.25) is 14.7 Å². The summed E-state index contributed by atoms with van der Waals surface area (Å²) >= 11 is 0. The second kappa shape index (κ2) is 12.5.